The second-order valence-corrected chi connectivity index (χ2v) is 8.76. The molecule has 26 heavy (non-hydrogen) atoms. The van der Waals surface area contributed by atoms with Crippen molar-refractivity contribution in [3.8, 4) is 0 Å². The van der Waals surface area contributed by atoms with Crippen molar-refractivity contribution in [3.63, 3.8) is 0 Å². The van der Waals surface area contributed by atoms with Crippen LogP contribution >= 0.6 is 23.2 Å². The van der Waals surface area contributed by atoms with Crippen LogP contribution in [0.2, 0.25) is 10.0 Å². The lowest BCUT2D eigenvalue weighted by Gasteiger charge is -2.34. The zero-order valence-corrected chi connectivity index (χ0v) is 17.0. The van der Waals surface area contributed by atoms with Crippen molar-refractivity contribution in [1.29, 1.82) is 0 Å². The van der Waals surface area contributed by atoms with Crippen LogP contribution in [-0.4, -0.2) is 11.8 Å². The van der Waals surface area contributed by atoms with Crippen LogP contribution < -0.4 is 5.32 Å². The molecule has 4 rings (SSSR count). The molecular formula is C22H24Cl2N2. The lowest BCUT2D eigenvalue weighted by atomic mass is 9.81. The van der Waals surface area contributed by atoms with Crippen molar-refractivity contribution in [2.45, 2.75) is 57.5 Å². The highest BCUT2D eigenvalue weighted by molar-refractivity contribution is 6.33. The topological polar surface area (TPSA) is 24.4 Å². The number of benzene rings is 2. The summed E-state index contributed by atoms with van der Waals surface area (Å²) in [4.78, 5) is 4.71. The number of rotatable bonds is 3. The van der Waals surface area contributed by atoms with Gasteiger partial charge in [0.2, 0.25) is 0 Å². The molecule has 1 saturated carbocycles. The predicted octanol–water partition coefficient (Wildman–Crippen LogP) is 6.80. The van der Waals surface area contributed by atoms with Crippen LogP contribution in [0.4, 0.5) is 5.69 Å². The van der Waals surface area contributed by atoms with Crippen molar-refractivity contribution < 1.29 is 0 Å². The molecule has 136 valence electrons. The highest BCUT2D eigenvalue weighted by Crippen LogP contribution is 2.59. The molecule has 0 aromatic heterocycles. The first-order valence-corrected chi connectivity index (χ1v) is 10.0. The normalized spacial score (nSPS) is 20.8. The Balaban J connectivity index is 1.71. The summed E-state index contributed by atoms with van der Waals surface area (Å²) in [7, 11) is 0. The Hall–Kier alpha value is -1.51. The molecule has 1 aliphatic heterocycles. The van der Waals surface area contributed by atoms with Gasteiger partial charge >= 0.3 is 0 Å². The Bertz CT molecular complexity index is 882. The van der Waals surface area contributed by atoms with Crippen LogP contribution in [0.1, 0.15) is 62.8 Å². The van der Waals surface area contributed by atoms with E-state index in [1.165, 1.54) is 29.7 Å². The number of anilines is 1. The Kier molecular flexibility index (Phi) is 4.53. The first-order chi connectivity index (χ1) is 12.4. The Morgan fingerprint density at radius 1 is 1.15 bits per heavy atom. The Morgan fingerprint density at radius 3 is 2.62 bits per heavy atom. The average molecular weight is 387 g/mol. The van der Waals surface area contributed by atoms with Gasteiger partial charge < -0.3 is 5.32 Å². The molecule has 0 saturated heterocycles. The quantitative estimate of drug-likeness (QED) is 0.576. The minimum absolute atomic E-state index is 0.201. The fourth-order valence-electron chi connectivity index (χ4n) is 4.13. The van der Waals surface area contributed by atoms with Crippen molar-refractivity contribution in [2.24, 2.45) is 4.99 Å². The largest absolute Gasteiger partial charge is 0.378 e. The van der Waals surface area contributed by atoms with Gasteiger partial charge in [-0.05, 0) is 92.5 Å². The summed E-state index contributed by atoms with van der Waals surface area (Å²) < 4.78 is 0. The van der Waals surface area contributed by atoms with Gasteiger partial charge in [-0.1, -0.05) is 29.3 Å². The van der Waals surface area contributed by atoms with Crippen LogP contribution in [0.5, 0.6) is 0 Å². The molecule has 2 aromatic rings. The summed E-state index contributed by atoms with van der Waals surface area (Å²) in [5.74, 6) is 0. The standard InChI is InChI=1S/C22H24Cl2N2/c1-13(2)25-14(3)15-4-7-20-18(10-15)22(8-9-22)12-21(26-20)17-11-16(23)5-6-19(17)24/h4-7,10-11,13,21,26H,8-9,12H2,1-3H3. The molecule has 1 atom stereocenters. The van der Waals surface area contributed by atoms with E-state index >= 15 is 0 Å². The van der Waals surface area contributed by atoms with E-state index < -0.39 is 0 Å². The van der Waals surface area contributed by atoms with Gasteiger partial charge in [-0.25, -0.2) is 0 Å². The van der Waals surface area contributed by atoms with Crippen LogP contribution in [0, 0.1) is 0 Å². The first kappa shape index (κ1) is 17.9. The monoisotopic (exact) mass is 386 g/mol. The molecule has 1 N–H and O–H groups in total. The molecule has 2 aliphatic rings. The highest BCUT2D eigenvalue weighted by atomic mass is 35.5. The third kappa shape index (κ3) is 3.25. The van der Waals surface area contributed by atoms with Gasteiger partial charge in [-0.2, -0.15) is 0 Å². The second kappa shape index (κ2) is 6.58. The SMILES string of the molecule is CC(=NC(C)C)c1ccc2c(c1)C1(CC1)CC(c1cc(Cl)ccc1Cl)N2. The molecule has 1 heterocycles. The summed E-state index contributed by atoms with van der Waals surface area (Å²) in [5, 5.41) is 5.22. The van der Waals surface area contributed by atoms with E-state index in [9.17, 15) is 0 Å². The molecule has 1 spiro atoms. The molecule has 0 amide bonds. The molecule has 1 fully saturated rings. The van der Waals surface area contributed by atoms with E-state index in [0.717, 1.165) is 27.7 Å². The van der Waals surface area contributed by atoms with Crippen LogP contribution in [0.25, 0.3) is 0 Å². The molecule has 4 heteroatoms. The zero-order valence-electron chi connectivity index (χ0n) is 15.4. The van der Waals surface area contributed by atoms with Crippen LogP contribution in [0.3, 0.4) is 0 Å². The number of halogens is 2. The fraction of sp³-hybridized carbons (Fsp3) is 0.409. The van der Waals surface area contributed by atoms with Gasteiger partial charge in [-0.15, -0.1) is 0 Å². The molecule has 1 aliphatic carbocycles. The molecule has 2 nitrogen and oxygen atoms in total. The summed E-state index contributed by atoms with van der Waals surface area (Å²) in [6.07, 6.45) is 3.53. The Morgan fingerprint density at radius 2 is 1.92 bits per heavy atom. The predicted molar refractivity (Wildman–Crippen MR) is 112 cm³/mol. The molecule has 0 radical (unpaired) electrons. The summed E-state index contributed by atoms with van der Waals surface area (Å²) in [6, 6.07) is 13.0. The third-order valence-electron chi connectivity index (χ3n) is 5.57. The second-order valence-electron chi connectivity index (χ2n) is 7.92. The maximum absolute atomic E-state index is 6.47. The minimum atomic E-state index is 0.201. The number of aliphatic imine (C=N–C) groups is 1. The van der Waals surface area contributed by atoms with Crippen molar-refractivity contribution in [2.75, 3.05) is 5.32 Å². The number of nitrogens with one attached hydrogen (secondary N) is 1. The van der Waals surface area contributed by atoms with Gasteiger partial charge in [0.1, 0.15) is 0 Å². The summed E-state index contributed by atoms with van der Waals surface area (Å²) in [6.45, 7) is 6.34. The van der Waals surface area contributed by atoms with Crippen LogP contribution in [0.15, 0.2) is 41.4 Å². The summed E-state index contributed by atoms with van der Waals surface area (Å²) in [5.41, 5.74) is 6.35. The van der Waals surface area contributed by atoms with Gasteiger partial charge in [0.15, 0.2) is 0 Å². The maximum Gasteiger partial charge on any atom is 0.0537 e. The van der Waals surface area contributed by atoms with Crippen molar-refractivity contribution in [1.82, 2.24) is 0 Å². The van der Waals surface area contributed by atoms with Gasteiger partial charge in [0.05, 0.1) is 6.04 Å². The number of hydrogen-bond donors (Lipinski definition) is 1. The van der Waals surface area contributed by atoms with Crippen molar-refractivity contribution >= 4 is 34.6 Å². The summed E-state index contributed by atoms with van der Waals surface area (Å²) >= 11 is 12.7. The lowest BCUT2D eigenvalue weighted by molar-refractivity contribution is 0.533. The lowest BCUT2D eigenvalue weighted by Crippen LogP contribution is -2.26. The van der Waals surface area contributed by atoms with E-state index in [-0.39, 0.29) is 11.5 Å². The molecule has 2 aromatic carbocycles. The number of hydrogen-bond acceptors (Lipinski definition) is 2. The van der Waals surface area contributed by atoms with Crippen molar-refractivity contribution in [3.05, 3.63) is 63.1 Å². The van der Waals surface area contributed by atoms with Gasteiger partial charge in [0, 0.05) is 27.5 Å². The van der Waals surface area contributed by atoms with E-state index in [1.54, 1.807) is 0 Å². The van der Waals surface area contributed by atoms with E-state index in [4.69, 9.17) is 28.2 Å². The number of nitrogens with zero attached hydrogens (tertiary/aromatic N) is 1. The molecular weight excluding hydrogens is 363 g/mol. The first-order valence-electron chi connectivity index (χ1n) is 9.29. The molecule has 1 unspecified atom stereocenters. The number of fused-ring (bicyclic) bond motifs is 2. The zero-order chi connectivity index (χ0) is 18.5. The van der Waals surface area contributed by atoms with E-state index in [2.05, 4.69) is 44.3 Å². The minimum Gasteiger partial charge on any atom is -0.378 e. The maximum atomic E-state index is 6.47. The molecule has 0 bridgehead atoms. The van der Waals surface area contributed by atoms with Gasteiger partial charge in [0.25, 0.3) is 0 Å². The third-order valence-corrected chi connectivity index (χ3v) is 6.15. The van der Waals surface area contributed by atoms with E-state index in [1.807, 2.05) is 18.2 Å². The Labute approximate surface area is 165 Å². The smallest absolute Gasteiger partial charge is 0.0537 e. The average Bonchev–Trinajstić information content (AvgIpc) is 3.36. The van der Waals surface area contributed by atoms with E-state index in [0.29, 0.717) is 6.04 Å². The highest BCUT2D eigenvalue weighted by Gasteiger charge is 2.50. The fourth-order valence-corrected chi connectivity index (χ4v) is 4.56. The van der Waals surface area contributed by atoms with Gasteiger partial charge in [-0.3, -0.25) is 4.99 Å². The van der Waals surface area contributed by atoms with Crippen LogP contribution in [-0.2, 0) is 5.41 Å².